The first-order valence-electron chi connectivity index (χ1n) is 6.98. The van der Waals surface area contributed by atoms with Crippen LogP contribution in [0, 0.1) is 0 Å². The van der Waals surface area contributed by atoms with Crippen molar-refractivity contribution in [3.63, 3.8) is 0 Å². The summed E-state index contributed by atoms with van der Waals surface area (Å²) < 4.78 is 0. The number of hydrogen-bond acceptors (Lipinski definition) is 4. The van der Waals surface area contributed by atoms with Crippen molar-refractivity contribution in [2.24, 2.45) is 9.98 Å². The Balaban J connectivity index is 0.00000192. The highest BCUT2D eigenvalue weighted by Crippen LogP contribution is 2.36. The monoisotopic (exact) mass is 349 g/mol. The van der Waals surface area contributed by atoms with E-state index in [1.807, 2.05) is 54.6 Å². The minimum Gasteiger partial charge on any atom is -0.399 e. The molecule has 23 heavy (non-hydrogen) atoms. The number of nitrogens with two attached hydrogens (primary N) is 1. The molecule has 120 valence electrons. The van der Waals surface area contributed by atoms with Crippen molar-refractivity contribution in [1.29, 1.82) is 0 Å². The van der Waals surface area contributed by atoms with Gasteiger partial charge in [0.15, 0.2) is 5.66 Å². The molecule has 2 aromatic rings. The molecule has 0 bridgehead atoms. The summed E-state index contributed by atoms with van der Waals surface area (Å²) in [7, 11) is 0. The summed E-state index contributed by atoms with van der Waals surface area (Å²) in [6, 6.07) is 17.4. The van der Waals surface area contributed by atoms with E-state index in [4.69, 9.17) is 17.3 Å². The molecular formula is C17H17Cl2N3O. The van der Waals surface area contributed by atoms with E-state index in [2.05, 4.69) is 9.98 Å². The number of nitrogen functional groups attached to an aromatic ring is 1. The molecule has 0 saturated carbocycles. The zero-order valence-corrected chi connectivity index (χ0v) is 13.9. The molecule has 0 saturated heterocycles. The Hall–Kier alpha value is -1.88. The number of anilines is 1. The van der Waals surface area contributed by atoms with E-state index in [1.54, 1.807) is 0 Å². The van der Waals surface area contributed by atoms with E-state index in [-0.39, 0.29) is 24.2 Å². The van der Waals surface area contributed by atoms with Crippen molar-refractivity contribution in [2.45, 2.75) is 12.1 Å². The minimum absolute atomic E-state index is 0. The van der Waals surface area contributed by atoms with Gasteiger partial charge in [0, 0.05) is 17.7 Å². The van der Waals surface area contributed by atoms with E-state index >= 15 is 0 Å². The molecule has 1 aliphatic rings. The summed E-state index contributed by atoms with van der Waals surface area (Å²) in [4.78, 5) is 9.15. The summed E-state index contributed by atoms with van der Waals surface area (Å²) in [6.07, 6.45) is 0.567. The van der Waals surface area contributed by atoms with Gasteiger partial charge in [-0.15, -0.1) is 12.4 Å². The van der Waals surface area contributed by atoms with Gasteiger partial charge in [0.25, 0.3) is 0 Å². The number of aliphatic imine (C=N–C) groups is 2. The lowest BCUT2D eigenvalue weighted by molar-refractivity contribution is 0.357. The second-order valence-electron chi connectivity index (χ2n) is 5.22. The molecule has 1 heterocycles. The van der Waals surface area contributed by atoms with Crippen LogP contribution >= 0.6 is 24.0 Å². The van der Waals surface area contributed by atoms with Crippen LogP contribution < -0.4 is 5.73 Å². The van der Waals surface area contributed by atoms with Gasteiger partial charge < -0.3 is 10.8 Å². The average Bonchev–Trinajstić information content (AvgIpc) is 2.86. The maximum atomic E-state index is 9.41. The predicted octanol–water partition coefficient (Wildman–Crippen LogP) is 3.17. The largest absolute Gasteiger partial charge is 0.399 e. The lowest BCUT2D eigenvalue weighted by atomic mass is 9.93. The molecule has 0 spiro atoms. The summed E-state index contributed by atoms with van der Waals surface area (Å²) in [6.45, 7) is -0.228. The highest BCUT2D eigenvalue weighted by Gasteiger charge is 2.37. The number of nitrogens with zero attached hydrogens (tertiary/aromatic N) is 2. The summed E-state index contributed by atoms with van der Waals surface area (Å²) >= 11 is 6.14. The third-order valence-electron chi connectivity index (χ3n) is 3.66. The standard InChI is InChI=1S/C17H16ClN3O.ClH/c18-16-15(11-22)20-17(21-16,10-12-4-2-1-3-5-12)13-6-8-14(19)9-7-13;/h1-9,22H,10-11,19H2;1H. The molecule has 0 aliphatic carbocycles. The maximum absolute atomic E-state index is 9.41. The fraction of sp³-hybridized carbons (Fsp3) is 0.176. The topological polar surface area (TPSA) is 71.0 Å². The van der Waals surface area contributed by atoms with Gasteiger partial charge in [-0.2, -0.15) is 0 Å². The van der Waals surface area contributed by atoms with Gasteiger partial charge in [0.1, 0.15) is 10.9 Å². The van der Waals surface area contributed by atoms with E-state index in [0.717, 1.165) is 11.1 Å². The molecule has 6 heteroatoms. The van der Waals surface area contributed by atoms with Gasteiger partial charge in [-0.05, 0) is 17.7 Å². The first-order valence-corrected chi connectivity index (χ1v) is 7.36. The minimum atomic E-state index is -0.843. The molecule has 1 atom stereocenters. The lowest BCUT2D eigenvalue weighted by Gasteiger charge is -2.24. The number of halogens is 2. The second kappa shape index (κ2) is 7.13. The third kappa shape index (κ3) is 3.55. The van der Waals surface area contributed by atoms with Gasteiger partial charge in [0.05, 0.1) is 6.61 Å². The molecule has 1 aliphatic heterocycles. The summed E-state index contributed by atoms with van der Waals surface area (Å²) in [5.74, 6) is 0. The normalized spacial score (nSPS) is 19.7. The van der Waals surface area contributed by atoms with E-state index in [9.17, 15) is 5.11 Å². The molecule has 3 N–H and O–H groups in total. The first kappa shape index (κ1) is 17.5. The fourth-order valence-corrected chi connectivity index (χ4v) is 2.80. The van der Waals surface area contributed by atoms with Crippen molar-refractivity contribution >= 4 is 40.6 Å². The highest BCUT2D eigenvalue weighted by atomic mass is 35.5. The molecular weight excluding hydrogens is 333 g/mol. The van der Waals surface area contributed by atoms with Crippen LogP contribution in [0.5, 0.6) is 0 Å². The molecule has 2 aromatic carbocycles. The predicted molar refractivity (Wildman–Crippen MR) is 97.7 cm³/mol. The Bertz CT molecular complexity index is 729. The maximum Gasteiger partial charge on any atom is 0.181 e. The molecule has 3 rings (SSSR count). The number of hydrogen-bond donors (Lipinski definition) is 2. The first-order chi connectivity index (χ1) is 10.6. The van der Waals surface area contributed by atoms with E-state index < -0.39 is 5.66 Å². The van der Waals surface area contributed by atoms with Gasteiger partial charge in [-0.25, -0.2) is 9.98 Å². The molecule has 0 amide bonds. The van der Waals surface area contributed by atoms with Gasteiger partial charge in [0.2, 0.25) is 0 Å². The fourth-order valence-electron chi connectivity index (χ4n) is 2.56. The Morgan fingerprint density at radius 3 is 2.22 bits per heavy atom. The number of rotatable bonds is 4. The average molecular weight is 350 g/mol. The second-order valence-corrected chi connectivity index (χ2v) is 5.58. The smallest absolute Gasteiger partial charge is 0.181 e. The van der Waals surface area contributed by atoms with Crippen LogP contribution in [0.25, 0.3) is 0 Å². The number of aliphatic hydroxyl groups is 1. The van der Waals surface area contributed by atoms with Crippen molar-refractivity contribution in [3.05, 3.63) is 65.7 Å². The van der Waals surface area contributed by atoms with Crippen LogP contribution in [-0.2, 0) is 12.1 Å². The third-order valence-corrected chi connectivity index (χ3v) is 3.96. The van der Waals surface area contributed by atoms with Crippen molar-refractivity contribution < 1.29 is 5.11 Å². The van der Waals surface area contributed by atoms with E-state index in [1.165, 1.54) is 0 Å². The van der Waals surface area contributed by atoms with Crippen molar-refractivity contribution in [3.8, 4) is 0 Å². The van der Waals surface area contributed by atoms with Crippen LogP contribution in [0.2, 0.25) is 0 Å². The Morgan fingerprint density at radius 1 is 1.00 bits per heavy atom. The van der Waals surface area contributed by atoms with Crippen LogP contribution in [0.15, 0.2) is 64.6 Å². The number of benzene rings is 2. The molecule has 1 unspecified atom stereocenters. The Labute approximate surface area is 146 Å². The van der Waals surface area contributed by atoms with Crippen LogP contribution in [0.4, 0.5) is 5.69 Å². The summed E-state index contributed by atoms with van der Waals surface area (Å²) in [5.41, 5.74) is 8.00. The molecule has 0 aromatic heterocycles. The quantitative estimate of drug-likeness (QED) is 0.832. The Kier molecular flexibility index (Phi) is 5.42. The molecule has 0 radical (unpaired) electrons. The summed E-state index contributed by atoms with van der Waals surface area (Å²) in [5, 5.41) is 9.67. The SMILES string of the molecule is Cl.Nc1ccc(C2(Cc3ccccc3)N=C(Cl)C(CO)=N2)cc1. The van der Waals surface area contributed by atoms with Crippen molar-refractivity contribution in [2.75, 3.05) is 12.3 Å². The van der Waals surface area contributed by atoms with Crippen molar-refractivity contribution in [1.82, 2.24) is 0 Å². The molecule has 0 fully saturated rings. The number of aliphatic hydroxyl groups excluding tert-OH is 1. The van der Waals surface area contributed by atoms with Crippen LogP contribution in [0.3, 0.4) is 0 Å². The van der Waals surface area contributed by atoms with Gasteiger partial charge >= 0.3 is 0 Å². The molecule has 4 nitrogen and oxygen atoms in total. The van der Waals surface area contributed by atoms with Crippen LogP contribution in [-0.4, -0.2) is 22.6 Å². The highest BCUT2D eigenvalue weighted by molar-refractivity contribution is 6.84. The van der Waals surface area contributed by atoms with E-state index in [0.29, 0.717) is 17.8 Å². The Morgan fingerprint density at radius 2 is 1.65 bits per heavy atom. The zero-order valence-electron chi connectivity index (χ0n) is 12.3. The van der Waals surface area contributed by atoms with Gasteiger partial charge in [-0.3, -0.25) is 0 Å². The lowest BCUT2D eigenvalue weighted by Crippen LogP contribution is -2.23. The zero-order chi connectivity index (χ0) is 15.6. The van der Waals surface area contributed by atoms with Gasteiger partial charge in [-0.1, -0.05) is 54.1 Å². The van der Waals surface area contributed by atoms with Crippen LogP contribution in [0.1, 0.15) is 11.1 Å².